The normalized spacial score (nSPS) is 13.4. The van der Waals surface area contributed by atoms with E-state index >= 15 is 0 Å². The van der Waals surface area contributed by atoms with E-state index in [9.17, 15) is 0 Å². The third-order valence-electron chi connectivity index (χ3n) is 4.04. The van der Waals surface area contributed by atoms with Gasteiger partial charge in [0, 0.05) is 12.6 Å². The van der Waals surface area contributed by atoms with Crippen molar-refractivity contribution in [1.29, 1.82) is 0 Å². The van der Waals surface area contributed by atoms with Gasteiger partial charge in [-0.25, -0.2) is 0 Å². The molecule has 1 aromatic rings. The van der Waals surface area contributed by atoms with Gasteiger partial charge in [0.15, 0.2) is 0 Å². The average Bonchev–Trinajstić information content (AvgIpc) is 2.43. The number of benzene rings is 1. The minimum absolute atomic E-state index is 0.332. The molecule has 0 aromatic heterocycles. The van der Waals surface area contributed by atoms with E-state index in [0.29, 0.717) is 21.5 Å². The van der Waals surface area contributed by atoms with Crippen LogP contribution in [-0.4, -0.2) is 6.54 Å². The third-order valence-corrected chi connectivity index (χ3v) is 4.78. The Labute approximate surface area is 140 Å². The molecule has 0 amide bonds. The van der Waals surface area contributed by atoms with Crippen LogP contribution in [0.2, 0.25) is 10.0 Å². The first-order valence-electron chi connectivity index (χ1n) is 8.08. The van der Waals surface area contributed by atoms with Crippen molar-refractivity contribution in [2.24, 2.45) is 5.41 Å². The van der Waals surface area contributed by atoms with Gasteiger partial charge in [-0.3, -0.25) is 0 Å². The zero-order valence-electron chi connectivity index (χ0n) is 13.8. The van der Waals surface area contributed by atoms with Gasteiger partial charge in [0.1, 0.15) is 0 Å². The molecule has 1 unspecified atom stereocenters. The Bertz CT molecular complexity index is 429. The Balaban J connectivity index is 2.59. The third kappa shape index (κ3) is 6.59. The summed E-state index contributed by atoms with van der Waals surface area (Å²) in [4.78, 5) is 0. The Morgan fingerprint density at radius 1 is 1.10 bits per heavy atom. The predicted molar refractivity (Wildman–Crippen MR) is 95.4 cm³/mol. The summed E-state index contributed by atoms with van der Waals surface area (Å²) in [5.41, 5.74) is 1.55. The van der Waals surface area contributed by atoms with Crippen LogP contribution < -0.4 is 5.32 Å². The molecule has 1 atom stereocenters. The number of unbranched alkanes of at least 4 members (excludes halogenated alkanes) is 2. The SMILES string of the molecule is CCCCCC(C)(C)CNC(CC)c1ccc(Cl)c(Cl)c1. The average molecular weight is 330 g/mol. The van der Waals surface area contributed by atoms with E-state index < -0.39 is 0 Å². The monoisotopic (exact) mass is 329 g/mol. The van der Waals surface area contributed by atoms with E-state index in [1.54, 1.807) is 0 Å². The minimum Gasteiger partial charge on any atom is -0.309 e. The van der Waals surface area contributed by atoms with Gasteiger partial charge < -0.3 is 5.32 Å². The summed E-state index contributed by atoms with van der Waals surface area (Å²) in [7, 11) is 0. The van der Waals surface area contributed by atoms with Crippen molar-refractivity contribution in [2.45, 2.75) is 65.8 Å². The molecule has 3 heteroatoms. The fourth-order valence-corrected chi connectivity index (χ4v) is 2.87. The van der Waals surface area contributed by atoms with Gasteiger partial charge in [0.2, 0.25) is 0 Å². The number of rotatable bonds is 9. The predicted octanol–water partition coefficient (Wildman–Crippen LogP) is 6.64. The van der Waals surface area contributed by atoms with Crippen LogP contribution in [-0.2, 0) is 0 Å². The molecule has 1 nitrogen and oxygen atoms in total. The van der Waals surface area contributed by atoms with Crippen LogP contribution in [0.4, 0.5) is 0 Å². The molecular weight excluding hydrogens is 301 g/mol. The fraction of sp³-hybridized carbons (Fsp3) is 0.667. The molecule has 21 heavy (non-hydrogen) atoms. The van der Waals surface area contributed by atoms with E-state index in [0.717, 1.165) is 13.0 Å². The molecule has 0 fully saturated rings. The lowest BCUT2D eigenvalue weighted by molar-refractivity contribution is 0.285. The van der Waals surface area contributed by atoms with Crippen LogP contribution in [0.5, 0.6) is 0 Å². The minimum atomic E-state index is 0.332. The number of hydrogen-bond acceptors (Lipinski definition) is 1. The van der Waals surface area contributed by atoms with Crippen molar-refractivity contribution in [3.8, 4) is 0 Å². The molecule has 0 aliphatic heterocycles. The van der Waals surface area contributed by atoms with Crippen molar-refractivity contribution >= 4 is 23.2 Å². The largest absolute Gasteiger partial charge is 0.309 e. The fourth-order valence-electron chi connectivity index (χ4n) is 2.57. The van der Waals surface area contributed by atoms with Gasteiger partial charge >= 0.3 is 0 Å². The van der Waals surface area contributed by atoms with Crippen molar-refractivity contribution in [2.75, 3.05) is 6.54 Å². The summed E-state index contributed by atoms with van der Waals surface area (Å²) in [6.07, 6.45) is 6.24. The first-order valence-corrected chi connectivity index (χ1v) is 8.83. The molecule has 0 saturated carbocycles. The maximum atomic E-state index is 6.13. The van der Waals surface area contributed by atoms with Gasteiger partial charge in [-0.05, 0) is 36.0 Å². The number of halogens is 2. The summed E-state index contributed by atoms with van der Waals surface area (Å²) in [6.45, 7) is 10.2. The van der Waals surface area contributed by atoms with Crippen LogP contribution in [0.25, 0.3) is 0 Å². The molecule has 1 aromatic carbocycles. The highest BCUT2D eigenvalue weighted by Gasteiger charge is 2.19. The van der Waals surface area contributed by atoms with Crippen LogP contribution in [0.1, 0.15) is 71.4 Å². The molecule has 120 valence electrons. The Kier molecular flexibility index (Phi) is 8.08. The lowest BCUT2D eigenvalue weighted by Crippen LogP contribution is -2.32. The Morgan fingerprint density at radius 2 is 1.81 bits per heavy atom. The van der Waals surface area contributed by atoms with Gasteiger partial charge in [0.25, 0.3) is 0 Å². The lowest BCUT2D eigenvalue weighted by Gasteiger charge is -2.28. The summed E-state index contributed by atoms with van der Waals surface area (Å²) >= 11 is 12.1. The maximum absolute atomic E-state index is 6.13. The molecular formula is C18H29Cl2N. The molecule has 0 aliphatic rings. The second-order valence-corrected chi connectivity index (χ2v) is 7.45. The highest BCUT2D eigenvalue weighted by Crippen LogP contribution is 2.28. The Morgan fingerprint density at radius 3 is 2.38 bits per heavy atom. The maximum Gasteiger partial charge on any atom is 0.0595 e. The molecule has 0 radical (unpaired) electrons. The van der Waals surface area contributed by atoms with Gasteiger partial charge in [0.05, 0.1) is 10.0 Å². The van der Waals surface area contributed by atoms with Gasteiger partial charge in [-0.1, -0.05) is 76.2 Å². The van der Waals surface area contributed by atoms with Crippen LogP contribution in [0.3, 0.4) is 0 Å². The summed E-state index contributed by atoms with van der Waals surface area (Å²) in [6, 6.07) is 6.27. The van der Waals surface area contributed by atoms with E-state index in [1.807, 2.05) is 12.1 Å². The second kappa shape index (κ2) is 9.02. The van der Waals surface area contributed by atoms with E-state index in [1.165, 1.54) is 31.2 Å². The van der Waals surface area contributed by atoms with Crippen molar-refractivity contribution in [1.82, 2.24) is 5.32 Å². The van der Waals surface area contributed by atoms with Crippen molar-refractivity contribution < 1.29 is 0 Å². The van der Waals surface area contributed by atoms with Crippen LogP contribution >= 0.6 is 23.2 Å². The Hall–Kier alpha value is -0.240. The first kappa shape index (κ1) is 18.8. The molecule has 0 bridgehead atoms. The highest BCUT2D eigenvalue weighted by atomic mass is 35.5. The smallest absolute Gasteiger partial charge is 0.0595 e. The standard InChI is InChI=1S/C18H29Cl2N/c1-5-7-8-11-18(3,4)13-21-17(6-2)14-9-10-15(19)16(20)12-14/h9-10,12,17,21H,5-8,11,13H2,1-4H3. The van der Waals surface area contributed by atoms with Crippen molar-refractivity contribution in [3.63, 3.8) is 0 Å². The topological polar surface area (TPSA) is 12.0 Å². The zero-order valence-corrected chi connectivity index (χ0v) is 15.3. The number of hydrogen-bond donors (Lipinski definition) is 1. The summed E-state index contributed by atoms with van der Waals surface area (Å²) < 4.78 is 0. The molecule has 0 aliphatic carbocycles. The summed E-state index contributed by atoms with van der Waals surface area (Å²) in [5.74, 6) is 0. The van der Waals surface area contributed by atoms with E-state index in [-0.39, 0.29) is 0 Å². The molecule has 0 heterocycles. The lowest BCUT2D eigenvalue weighted by atomic mass is 9.86. The van der Waals surface area contributed by atoms with Crippen LogP contribution in [0.15, 0.2) is 18.2 Å². The van der Waals surface area contributed by atoms with Crippen molar-refractivity contribution in [3.05, 3.63) is 33.8 Å². The molecule has 0 saturated heterocycles. The van der Waals surface area contributed by atoms with Gasteiger partial charge in [-0.15, -0.1) is 0 Å². The first-order chi connectivity index (χ1) is 9.89. The van der Waals surface area contributed by atoms with E-state index in [4.69, 9.17) is 23.2 Å². The second-order valence-electron chi connectivity index (χ2n) is 6.64. The quantitative estimate of drug-likeness (QED) is 0.500. The highest BCUT2D eigenvalue weighted by molar-refractivity contribution is 6.42. The molecule has 1 rings (SSSR count). The molecule has 1 N–H and O–H groups in total. The van der Waals surface area contributed by atoms with Crippen LogP contribution in [0, 0.1) is 5.41 Å². The molecule has 0 spiro atoms. The summed E-state index contributed by atoms with van der Waals surface area (Å²) in [5, 5.41) is 4.95. The van der Waals surface area contributed by atoms with Gasteiger partial charge in [-0.2, -0.15) is 0 Å². The number of nitrogens with one attached hydrogen (secondary N) is 1. The van der Waals surface area contributed by atoms with E-state index in [2.05, 4.69) is 39.1 Å². The zero-order chi connectivity index (χ0) is 15.9.